The zero-order chi connectivity index (χ0) is 19.9. The van der Waals surface area contributed by atoms with Gasteiger partial charge in [0.25, 0.3) is 0 Å². The monoisotopic (exact) mass is 394 g/mol. The number of aromatic nitrogens is 8. The van der Waals surface area contributed by atoms with Gasteiger partial charge in [-0.25, -0.2) is 0 Å². The molecule has 30 heavy (non-hydrogen) atoms. The van der Waals surface area contributed by atoms with Crippen LogP contribution in [-0.4, -0.2) is 41.0 Å². The Morgan fingerprint density at radius 1 is 0.533 bits per heavy atom. The van der Waals surface area contributed by atoms with Crippen molar-refractivity contribution in [3.8, 4) is 0 Å². The molecular formula is C20H14N10. The van der Waals surface area contributed by atoms with E-state index in [4.69, 9.17) is 0 Å². The van der Waals surface area contributed by atoms with Crippen LogP contribution in [0.15, 0.2) is 60.7 Å². The highest BCUT2D eigenvalue weighted by molar-refractivity contribution is 6.00. The first-order valence-electron chi connectivity index (χ1n) is 9.24. The largest absolute Gasteiger partial charge is 0.338 e. The van der Waals surface area contributed by atoms with Crippen molar-refractivity contribution < 1.29 is 0 Å². The van der Waals surface area contributed by atoms with E-state index < -0.39 is 0 Å². The predicted molar refractivity (Wildman–Crippen MR) is 114 cm³/mol. The molecule has 0 saturated carbocycles. The molecule has 6 rings (SSSR count). The van der Waals surface area contributed by atoms with E-state index in [0.717, 1.165) is 44.2 Å². The quantitative estimate of drug-likeness (QED) is 0.356. The standard InChI is InChI=1S/C20H14N10/c1-2-4-14-13(3-1)19(21-11-5-7-15-17(9-11)25-29-23-15)27-28-20(14)22-12-6-8-16-18(10-12)26-30-24-16/h1-10H,(H,21,27)(H,22,28)(H,23,25,29)(H,24,26,30). The summed E-state index contributed by atoms with van der Waals surface area (Å²) in [5.74, 6) is 1.32. The molecule has 0 aliphatic heterocycles. The minimum atomic E-state index is 0.658. The van der Waals surface area contributed by atoms with Gasteiger partial charge in [0.2, 0.25) is 0 Å². The Morgan fingerprint density at radius 2 is 1.00 bits per heavy atom. The molecule has 0 saturated heterocycles. The maximum absolute atomic E-state index is 4.42. The van der Waals surface area contributed by atoms with Gasteiger partial charge in [0.15, 0.2) is 11.6 Å². The van der Waals surface area contributed by atoms with Gasteiger partial charge in [-0.05, 0) is 36.4 Å². The van der Waals surface area contributed by atoms with Gasteiger partial charge in [0.05, 0.1) is 0 Å². The van der Waals surface area contributed by atoms with E-state index in [9.17, 15) is 0 Å². The first-order valence-corrected chi connectivity index (χ1v) is 9.24. The number of nitrogens with zero attached hydrogens (tertiary/aromatic N) is 6. The summed E-state index contributed by atoms with van der Waals surface area (Å²) in [5.41, 5.74) is 4.87. The highest BCUT2D eigenvalue weighted by Gasteiger charge is 2.11. The smallest absolute Gasteiger partial charge is 0.161 e. The van der Waals surface area contributed by atoms with E-state index >= 15 is 0 Å². The van der Waals surface area contributed by atoms with Crippen LogP contribution in [0.4, 0.5) is 23.0 Å². The molecule has 6 aromatic rings. The van der Waals surface area contributed by atoms with Gasteiger partial charge in [0.1, 0.15) is 22.1 Å². The number of hydrogen-bond acceptors (Lipinski definition) is 8. The molecule has 0 atom stereocenters. The molecule has 4 N–H and O–H groups in total. The first kappa shape index (κ1) is 16.4. The number of H-pyrrole nitrogens is 2. The number of fused-ring (bicyclic) bond motifs is 3. The van der Waals surface area contributed by atoms with Crippen LogP contribution >= 0.6 is 0 Å². The molecule has 10 nitrogen and oxygen atoms in total. The van der Waals surface area contributed by atoms with Crippen molar-refractivity contribution in [3.63, 3.8) is 0 Å². The van der Waals surface area contributed by atoms with E-state index in [2.05, 4.69) is 51.7 Å². The maximum atomic E-state index is 4.42. The van der Waals surface area contributed by atoms with Crippen LogP contribution in [0.3, 0.4) is 0 Å². The Morgan fingerprint density at radius 3 is 1.50 bits per heavy atom. The molecule has 0 aliphatic carbocycles. The number of rotatable bonds is 4. The van der Waals surface area contributed by atoms with Crippen molar-refractivity contribution in [2.75, 3.05) is 10.6 Å². The Bertz CT molecular complexity index is 1400. The fourth-order valence-corrected chi connectivity index (χ4v) is 3.40. The van der Waals surface area contributed by atoms with Crippen molar-refractivity contribution in [2.45, 2.75) is 0 Å². The molecule has 3 aromatic carbocycles. The van der Waals surface area contributed by atoms with Gasteiger partial charge in [0, 0.05) is 22.1 Å². The summed E-state index contributed by atoms with van der Waals surface area (Å²) in [7, 11) is 0. The van der Waals surface area contributed by atoms with E-state index in [0.29, 0.717) is 11.6 Å². The minimum Gasteiger partial charge on any atom is -0.338 e. The van der Waals surface area contributed by atoms with Gasteiger partial charge >= 0.3 is 0 Å². The van der Waals surface area contributed by atoms with Gasteiger partial charge in [-0.2, -0.15) is 30.8 Å². The molecule has 0 unspecified atom stereocenters. The Labute approximate surface area is 168 Å². The lowest BCUT2D eigenvalue weighted by molar-refractivity contribution is 0.959. The Hall–Kier alpha value is -4.60. The molecule has 10 heteroatoms. The number of benzene rings is 3. The summed E-state index contributed by atoms with van der Waals surface area (Å²) in [6.07, 6.45) is 0. The fourth-order valence-electron chi connectivity index (χ4n) is 3.40. The number of anilines is 4. The van der Waals surface area contributed by atoms with Crippen LogP contribution in [0, 0.1) is 0 Å². The van der Waals surface area contributed by atoms with Gasteiger partial charge in [-0.3, -0.25) is 0 Å². The van der Waals surface area contributed by atoms with E-state index in [-0.39, 0.29) is 0 Å². The second-order valence-electron chi connectivity index (χ2n) is 6.75. The van der Waals surface area contributed by atoms with Crippen LogP contribution in [0.1, 0.15) is 0 Å². The second-order valence-corrected chi connectivity index (χ2v) is 6.75. The lowest BCUT2D eigenvalue weighted by Gasteiger charge is -2.12. The molecule has 144 valence electrons. The summed E-state index contributed by atoms with van der Waals surface area (Å²) in [5, 5.41) is 39.0. The van der Waals surface area contributed by atoms with Crippen molar-refractivity contribution in [1.82, 2.24) is 41.0 Å². The lowest BCUT2D eigenvalue weighted by atomic mass is 10.1. The third-order valence-corrected chi connectivity index (χ3v) is 4.85. The zero-order valence-electron chi connectivity index (χ0n) is 15.5. The van der Waals surface area contributed by atoms with Crippen LogP contribution in [0.5, 0.6) is 0 Å². The third-order valence-electron chi connectivity index (χ3n) is 4.85. The predicted octanol–water partition coefficient (Wildman–Crippen LogP) is 3.66. The van der Waals surface area contributed by atoms with Gasteiger partial charge in [-0.1, -0.05) is 24.3 Å². The minimum absolute atomic E-state index is 0.658. The van der Waals surface area contributed by atoms with Gasteiger partial charge in [-0.15, -0.1) is 10.2 Å². The molecule has 0 bridgehead atoms. The number of aromatic amines is 2. The average Bonchev–Trinajstić information content (AvgIpc) is 3.44. The van der Waals surface area contributed by atoms with Crippen LogP contribution in [0.2, 0.25) is 0 Å². The van der Waals surface area contributed by atoms with Crippen molar-refractivity contribution in [1.29, 1.82) is 0 Å². The molecule has 0 radical (unpaired) electrons. The zero-order valence-corrected chi connectivity index (χ0v) is 15.5. The molecule has 3 aromatic heterocycles. The Kier molecular flexibility index (Phi) is 3.54. The molecule has 0 spiro atoms. The molecule has 0 fully saturated rings. The summed E-state index contributed by atoms with van der Waals surface area (Å²) >= 11 is 0. The highest BCUT2D eigenvalue weighted by Crippen LogP contribution is 2.30. The van der Waals surface area contributed by atoms with Crippen LogP contribution in [-0.2, 0) is 0 Å². The van der Waals surface area contributed by atoms with E-state index in [1.54, 1.807) is 0 Å². The van der Waals surface area contributed by atoms with Crippen molar-refractivity contribution in [3.05, 3.63) is 60.7 Å². The number of nitrogens with one attached hydrogen (secondary N) is 4. The molecule has 3 heterocycles. The molecular weight excluding hydrogens is 380 g/mol. The first-order chi connectivity index (χ1) is 14.8. The molecule has 0 aliphatic rings. The topological polar surface area (TPSA) is 133 Å². The fraction of sp³-hybridized carbons (Fsp3) is 0. The maximum Gasteiger partial charge on any atom is 0.161 e. The summed E-state index contributed by atoms with van der Waals surface area (Å²) in [4.78, 5) is 0. The summed E-state index contributed by atoms with van der Waals surface area (Å²) in [6.45, 7) is 0. The summed E-state index contributed by atoms with van der Waals surface area (Å²) in [6, 6.07) is 19.4. The number of hydrogen-bond donors (Lipinski definition) is 4. The normalized spacial score (nSPS) is 11.3. The van der Waals surface area contributed by atoms with Crippen molar-refractivity contribution >= 4 is 55.8 Å². The van der Waals surface area contributed by atoms with Crippen LogP contribution in [0.25, 0.3) is 32.8 Å². The van der Waals surface area contributed by atoms with E-state index in [1.807, 2.05) is 60.7 Å². The lowest BCUT2D eigenvalue weighted by Crippen LogP contribution is -2.01. The highest BCUT2D eigenvalue weighted by atomic mass is 15.3. The van der Waals surface area contributed by atoms with Crippen molar-refractivity contribution in [2.24, 2.45) is 0 Å². The van der Waals surface area contributed by atoms with Crippen LogP contribution < -0.4 is 10.6 Å². The Balaban J connectivity index is 1.38. The summed E-state index contributed by atoms with van der Waals surface area (Å²) < 4.78 is 0. The molecule has 0 amide bonds. The van der Waals surface area contributed by atoms with E-state index in [1.165, 1.54) is 0 Å². The third kappa shape index (κ3) is 2.75. The second kappa shape index (κ2) is 6.48. The SMILES string of the molecule is c1ccc2c(Nc3ccc4n[nH]nc4c3)nnc(Nc3ccc4n[nH]nc4c3)c2c1. The van der Waals surface area contributed by atoms with Gasteiger partial charge < -0.3 is 10.6 Å². The average molecular weight is 394 g/mol.